The zero-order chi connectivity index (χ0) is 9.03. The van der Waals surface area contributed by atoms with E-state index in [0.717, 1.165) is 12.5 Å². The van der Waals surface area contributed by atoms with Crippen LogP contribution in [-0.4, -0.2) is 13.1 Å². The van der Waals surface area contributed by atoms with Crippen molar-refractivity contribution in [3.05, 3.63) is 12.2 Å². The summed E-state index contributed by atoms with van der Waals surface area (Å²) in [5.74, 6) is 0.776. The van der Waals surface area contributed by atoms with Gasteiger partial charge in [-0.3, -0.25) is 0 Å². The summed E-state index contributed by atoms with van der Waals surface area (Å²) in [6, 6.07) is 0. The van der Waals surface area contributed by atoms with E-state index >= 15 is 0 Å². The van der Waals surface area contributed by atoms with Crippen LogP contribution in [-0.2, 0) is 0 Å². The molecule has 0 aromatic carbocycles. The highest BCUT2D eigenvalue weighted by Gasteiger charge is 2.14. The largest absolute Gasteiger partial charge is 0.313 e. The minimum Gasteiger partial charge on any atom is -0.313 e. The minimum absolute atomic E-state index is 0.491. The molecule has 1 aliphatic heterocycles. The summed E-state index contributed by atoms with van der Waals surface area (Å²) < 4.78 is 0. The summed E-state index contributed by atoms with van der Waals surface area (Å²) in [6.45, 7) is 9.17. The van der Waals surface area contributed by atoms with Gasteiger partial charge in [-0.25, -0.2) is 0 Å². The predicted molar refractivity (Wildman–Crippen MR) is 54.2 cm³/mol. The van der Waals surface area contributed by atoms with E-state index in [4.69, 9.17) is 0 Å². The van der Waals surface area contributed by atoms with Gasteiger partial charge in [0, 0.05) is 13.1 Å². The Kier molecular flexibility index (Phi) is 3.33. The summed E-state index contributed by atoms with van der Waals surface area (Å²) in [6.07, 6.45) is 7.26. The molecule has 1 aliphatic rings. The first-order valence-electron chi connectivity index (χ1n) is 4.95. The SMILES string of the molecule is CC(C)(C)CC[C@@H]1C=CCNC1. The molecule has 1 atom stereocenters. The Morgan fingerprint density at radius 3 is 2.67 bits per heavy atom. The Bertz CT molecular complexity index is 153. The van der Waals surface area contributed by atoms with Gasteiger partial charge >= 0.3 is 0 Å². The van der Waals surface area contributed by atoms with Crippen molar-refractivity contribution in [2.24, 2.45) is 11.3 Å². The zero-order valence-electron chi connectivity index (χ0n) is 8.56. The molecule has 0 fully saturated rings. The average Bonchev–Trinajstić information content (AvgIpc) is 2.02. The summed E-state index contributed by atoms with van der Waals surface area (Å²) >= 11 is 0. The molecule has 70 valence electrons. The van der Waals surface area contributed by atoms with E-state index in [9.17, 15) is 0 Å². The summed E-state index contributed by atoms with van der Waals surface area (Å²) in [4.78, 5) is 0. The second-order valence-corrected chi connectivity index (χ2v) is 4.95. The highest BCUT2D eigenvalue weighted by Crippen LogP contribution is 2.24. The third-order valence-corrected chi connectivity index (χ3v) is 2.34. The third-order valence-electron chi connectivity index (χ3n) is 2.34. The van der Waals surface area contributed by atoms with Crippen LogP contribution >= 0.6 is 0 Å². The van der Waals surface area contributed by atoms with E-state index in [-0.39, 0.29) is 0 Å². The standard InChI is InChI=1S/C11H21N/c1-11(2,3)7-6-10-5-4-8-12-9-10/h4-5,10,12H,6-9H2,1-3H3/t10-/m0/s1. The van der Waals surface area contributed by atoms with Crippen molar-refractivity contribution in [3.63, 3.8) is 0 Å². The average molecular weight is 167 g/mol. The van der Waals surface area contributed by atoms with Crippen LogP contribution in [0.3, 0.4) is 0 Å². The first kappa shape index (κ1) is 9.79. The maximum atomic E-state index is 3.38. The lowest BCUT2D eigenvalue weighted by atomic mass is 9.86. The van der Waals surface area contributed by atoms with Crippen LogP contribution < -0.4 is 5.32 Å². The monoisotopic (exact) mass is 167 g/mol. The van der Waals surface area contributed by atoms with E-state index in [1.807, 2.05) is 0 Å². The van der Waals surface area contributed by atoms with Gasteiger partial charge in [0.05, 0.1) is 0 Å². The van der Waals surface area contributed by atoms with Crippen molar-refractivity contribution < 1.29 is 0 Å². The van der Waals surface area contributed by atoms with Crippen molar-refractivity contribution in [2.75, 3.05) is 13.1 Å². The Morgan fingerprint density at radius 2 is 2.17 bits per heavy atom. The Morgan fingerprint density at radius 1 is 1.42 bits per heavy atom. The Balaban J connectivity index is 2.22. The highest BCUT2D eigenvalue weighted by atomic mass is 14.9. The molecule has 1 heteroatoms. The van der Waals surface area contributed by atoms with Crippen LogP contribution in [0.15, 0.2) is 12.2 Å². The van der Waals surface area contributed by atoms with Gasteiger partial charge in [-0.2, -0.15) is 0 Å². The van der Waals surface area contributed by atoms with E-state index in [0.29, 0.717) is 5.41 Å². The van der Waals surface area contributed by atoms with Crippen LogP contribution in [0.4, 0.5) is 0 Å². The van der Waals surface area contributed by atoms with E-state index in [1.165, 1.54) is 19.4 Å². The highest BCUT2D eigenvalue weighted by molar-refractivity contribution is 4.95. The van der Waals surface area contributed by atoms with Crippen molar-refractivity contribution >= 4 is 0 Å². The van der Waals surface area contributed by atoms with E-state index in [2.05, 4.69) is 38.2 Å². The molecule has 0 aliphatic carbocycles. The normalized spacial score (nSPS) is 24.4. The fourth-order valence-corrected chi connectivity index (χ4v) is 1.50. The van der Waals surface area contributed by atoms with Crippen LogP contribution in [0.1, 0.15) is 33.6 Å². The van der Waals surface area contributed by atoms with E-state index in [1.54, 1.807) is 0 Å². The molecule has 1 nitrogen and oxygen atoms in total. The number of hydrogen-bond acceptors (Lipinski definition) is 1. The lowest BCUT2D eigenvalue weighted by Crippen LogP contribution is -2.26. The van der Waals surface area contributed by atoms with E-state index < -0.39 is 0 Å². The van der Waals surface area contributed by atoms with Crippen LogP contribution in [0.5, 0.6) is 0 Å². The van der Waals surface area contributed by atoms with Gasteiger partial charge in [0.2, 0.25) is 0 Å². The molecule has 12 heavy (non-hydrogen) atoms. The molecule has 0 spiro atoms. The maximum Gasteiger partial charge on any atom is 0.0135 e. The molecular weight excluding hydrogens is 146 g/mol. The number of nitrogens with one attached hydrogen (secondary N) is 1. The fourth-order valence-electron chi connectivity index (χ4n) is 1.50. The Labute approximate surface area is 76.2 Å². The van der Waals surface area contributed by atoms with Gasteiger partial charge in [-0.1, -0.05) is 32.9 Å². The molecule has 0 saturated heterocycles. The van der Waals surface area contributed by atoms with Gasteiger partial charge < -0.3 is 5.32 Å². The van der Waals surface area contributed by atoms with Gasteiger partial charge in [0.1, 0.15) is 0 Å². The molecule has 0 unspecified atom stereocenters. The van der Waals surface area contributed by atoms with Gasteiger partial charge in [-0.15, -0.1) is 0 Å². The lowest BCUT2D eigenvalue weighted by molar-refractivity contribution is 0.335. The number of rotatable bonds is 2. The van der Waals surface area contributed by atoms with Crippen molar-refractivity contribution in [2.45, 2.75) is 33.6 Å². The first-order chi connectivity index (χ1) is 5.58. The molecule has 1 N–H and O–H groups in total. The predicted octanol–water partition coefficient (Wildman–Crippen LogP) is 2.59. The lowest BCUT2D eigenvalue weighted by Gasteiger charge is -2.23. The van der Waals surface area contributed by atoms with Crippen molar-refractivity contribution in [1.82, 2.24) is 5.32 Å². The van der Waals surface area contributed by atoms with Crippen molar-refractivity contribution in [1.29, 1.82) is 0 Å². The number of hydrogen-bond donors (Lipinski definition) is 1. The smallest absolute Gasteiger partial charge is 0.0135 e. The molecule has 1 rings (SSSR count). The maximum absolute atomic E-state index is 3.38. The first-order valence-corrected chi connectivity index (χ1v) is 4.95. The quantitative estimate of drug-likeness (QED) is 0.623. The second kappa shape index (κ2) is 4.08. The topological polar surface area (TPSA) is 12.0 Å². The molecule has 0 radical (unpaired) electrons. The Hall–Kier alpha value is -0.300. The summed E-state index contributed by atoms with van der Waals surface area (Å²) in [7, 11) is 0. The van der Waals surface area contributed by atoms with Gasteiger partial charge in [0.15, 0.2) is 0 Å². The molecule has 0 aromatic rings. The molecule has 0 saturated carbocycles. The molecule has 0 aromatic heterocycles. The summed E-state index contributed by atoms with van der Waals surface area (Å²) in [5, 5.41) is 3.38. The van der Waals surface area contributed by atoms with Gasteiger partial charge in [-0.05, 0) is 24.2 Å². The van der Waals surface area contributed by atoms with Crippen molar-refractivity contribution in [3.8, 4) is 0 Å². The molecule has 0 amide bonds. The molecule has 1 heterocycles. The van der Waals surface area contributed by atoms with Gasteiger partial charge in [0.25, 0.3) is 0 Å². The summed E-state index contributed by atoms with van der Waals surface area (Å²) in [5.41, 5.74) is 0.491. The fraction of sp³-hybridized carbons (Fsp3) is 0.818. The van der Waals surface area contributed by atoms with Crippen LogP contribution in [0.2, 0.25) is 0 Å². The minimum atomic E-state index is 0.491. The zero-order valence-corrected chi connectivity index (χ0v) is 8.56. The second-order valence-electron chi connectivity index (χ2n) is 4.95. The molecule has 0 bridgehead atoms. The molecular formula is C11H21N. The van der Waals surface area contributed by atoms with Crippen LogP contribution in [0, 0.1) is 11.3 Å². The van der Waals surface area contributed by atoms with Crippen LogP contribution in [0.25, 0.3) is 0 Å². The third kappa shape index (κ3) is 3.91.